The van der Waals surface area contributed by atoms with E-state index in [0.717, 1.165) is 10.6 Å². The fourth-order valence-electron chi connectivity index (χ4n) is 2.05. The molecular formula is C13H7ClF3N3. The third-order valence-electron chi connectivity index (χ3n) is 2.87. The molecule has 0 radical (unpaired) electrons. The molecule has 0 unspecified atom stereocenters. The van der Waals surface area contributed by atoms with E-state index in [2.05, 4.69) is 4.98 Å². The Kier molecular flexibility index (Phi) is 2.83. The van der Waals surface area contributed by atoms with Crippen molar-refractivity contribution in [3.63, 3.8) is 0 Å². The zero-order chi connectivity index (χ0) is 14.4. The molecule has 0 atom stereocenters. The normalized spacial score (nSPS) is 11.2. The minimum atomic E-state index is -1.31. The van der Waals surface area contributed by atoms with Gasteiger partial charge in [-0.1, -0.05) is 17.7 Å². The number of nitrogen functional groups attached to an aromatic ring is 1. The molecule has 3 rings (SSSR count). The van der Waals surface area contributed by atoms with E-state index in [1.165, 1.54) is 0 Å². The number of imidazole rings is 1. The Morgan fingerprint density at radius 1 is 1.15 bits per heavy atom. The summed E-state index contributed by atoms with van der Waals surface area (Å²) in [6.07, 6.45) is 0. The highest BCUT2D eigenvalue weighted by Gasteiger charge is 2.19. The third kappa shape index (κ3) is 1.80. The molecule has 0 aliphatic carbocycles. The molecule has 1 heterocycles. The van der Waals surface area contributed by atoms with Crippen LogP contribution in [0.15, 0.2) is 30.3 Å². The van der Waals surface area contributed by atoms with Gasteiger partial charge in [-0.15, -0.1) is 0 Å². The van der Waals surface area contributed by atoms with Gasteiger partial charge in [0.25, 0.3) is 0 Å². The van der Waals surface area contributed by atoms with Crippen LogP contribution in [0.5, 0.6) is 0 Å². The zero-order valence-electron chi connectivity index (χ0n) is 9.87. The lowest BCUT2D eigenvalue weighted by atomic mass is 10.2. The first-order chi connectivity index (χ1) is 9.49. The van der Waals surface area contributed by atoms with Gasteiger partial charge in [-0.2, -0.15) is 0 Å². The number of aromatic nitrogens is 2. The molecule has 20 heavy (non-hydrogen) atoms. The van der Waals surface area contributed by atoms with Crippen molar-refractivity contribution in [1.82, 2.24) is 9.55 Å². The number of rotatable bonds is 1. The van der Waals surface area contributed by atoms with Crippen molar-refractivity contribution >= 4 is 28.6 Å². The topological polar surface area (TPSA) is 43.8 Å². The largest absolute Gasteiger partial charge is 0.369 e. The van der Waals surface area contributed by atoms with Gasteiger partial charge in [0.15, 0.2) is 11.6 Å². The van der Waals surface area contributed by atoms with Crippen LogP contribution in [-0.2, 0) is 0 Å². The van der Waals surface area contributed by atoms with Gasteiger partial charge in [-0.05, 0) is 12.1 Å². The molecule has 0 spiro atoms. The highest BCUT2D eigenvalue weighted by molar-refractivity contribution is 6.35. The Balaban J connectivity index is 2.44. The standard InChI is InChI=1S/C13H7ClF3N3/c14-7-2-1-3-9-12(7)20(13(18)19-9)10-5-6(15)4-8(16)11(10)17/h1-5H,(H2,18,19). The highest BCUT2D eigenvalue weighted by atomic mass is 35.5. The van der Waals surface area contributed by atoms with Gasteiger partial charge in [-0.25, -0.2) is 18.2 Å². The van der Waals surface area contributed by atoms with Crippen LogP contribution < -0.4 is 5.73 Å². The maximum Gasteiger partial charge on any atom is 0.206 e. The molecule has 3 nitrogen and oxygen atoms in total. The second kappa shape index (κ2) is 4.42. The molecule has 0 saturated heterocycles. The van der Waals surface area contributed by atoms with Gasteiger partial charge in [0, 0.05) is 12.1 Å². The lowest BCUT2D eigenvalue weighted by Gasteiger charge is -2.09. The molecule has 3 aromatic rings. The van der Waals surface area contributed by atoms with Crippen LogP contribution in [0.2, 0.25) is 5.02 Å². The van der Waals surface area contributed by atoms with Crippen LogP contribution in [0.3, 0.4) is 0 Å². The van der Waals surface area contributed by atoms with Crippen molar-refractivity contribution in [3.05, 3.63) is 52.8 Å². The van der Waals surface area contributed by atoms with E-state index in [4.69, 9.17) is 17.3 Å². The lowest BCUT2D eigenvalue weighted by molar-refractivity contribution is 0.491. The van der Waals surface area contributed by atoms with E-state index in [-0.39, 0.29) is 22.2 Å². The summed E-state index contributed by atoms with van der Waals surface area (Å²) >= 11 is 6.03. The van der Waals surface area contributed by atoms with Crippen LogP contribution in [0.25, 0.3) is 16.7 Å². The molecule has 1 aromatic heterocycles. The summed E-state index contributed by atoms with van der Waals surface area (Å²) in [7, 11) is 0. The first-order valence-corrected chi connectivity index (χ1v) is 5.94. The summed E-state index contributed by atoms with van der Waals surface area (Å²) in [5, 5.41) is 0.246. The van der Waals surface area contributed by atoms with Crippen LogP contribution in [0.4, 0.5) is 19.1 Å². The molecule has 0 bridgehead atoms. The van der Waals surface area contributed by atoms with Gasteiger partial charge >= 0.3 is 0 Å². The summed E-state index contributed by atoms with van der Waals surface area (Å²) in [6, 6.07) is 6.09. The molecular weight excluding hydrogens is 291 g/mol. The van der Waals surface area contributed by atoms with E-state index >= 15 is 0 Å². The Hall–Kier alpha value is -2.21. The van der Waals surface area contributed by atoms with E-state index in [0.29, 0.717) is 11.6 Å². The summed E-state index contributed by atoms with van der Waals surface area (Å²) in [5.74, 6) is -3.57. The lowest BCUT2D eigenvalue weighted by Crippen LogP contribution is -2.05. The highest BCUT2D eigenvalue weighted by Crippen LogP contribution is 2.30. The summed E-state index contributed by atoms with van der Waals surface area (Å²) in [4.78, 5) is 4.00. The summed E-state index contributed by atoms with van der Waals surface area (Å²) in [5.41, 5.74) is 6.02. The fraction of sp³-hybridized carbons (Fsp3) is 0. The van der Waals surface area contributed by atoms with Crippen molar-refractivity contribution in [3.8, 4) is 5.69 Å². The molecule has 0 aliphatic heterocycles. The molecule has 0 fully saturated rings. The SMILES string of the molecule is Nc1nc2cccc(Cl)c2n1-c1cc(F)cc(F)c1F. The van der Waals surface area contributed by atoms with Crippen molar-refractivity contribution in [1.29, 1.82) is 0 Å². The Morgan fingerprint density at radius 2 is 1.90 bits per heavy atom. The fourth-order valence-corrected chi connectivity index (χ4v) is 2.31. The zero-order valence-corrected chi connectivity index (χ0v) is 10.6. The summed E-state index contributed by atoms with van der Waals surface area (Å²) < 4.78 is 41.6. The minimum Gasteiger partial charge on any atom is -0.369 e. The Labute approximate surface area is 116 Å². The van der Waals surface area contributed by atoms with Crippen molar-refractivity contribution in [2.75, 3.05) is 5.73 Å². The maximum atomic E-state index is 13.9. The van der Waals surface area contributed by atoms with Gasteiger partial charge < -0.3 is 5.73 Å². The predicted molar refractivity (Wildman–Crippen MR) is 70.4 cm³/mol. The average molecular weight is 298 g/mol. The van der Waals surface area contributed by atoms with Gasteiger partial charge in [0.1, 0.15) is 5.82 Å². The number of anilines is 1. The average Bonchev–Trinajstić information content (AvgIpc) is 2.71. The molecule has 2 aromatic carbocycles. The molecule has 102 valence electrons. The number of nitrogens with zero attached hydrogens (tertiary/aromatic N) is 2. The number of para-hydroxylation sites is 1. The quantitative estimate of drug-likeness (QED) is 0.696. The number of nitrogens with two attached hydrogens (primary N) is 1. The summed E-state index contributed by atoms with van der Waals surface area (Å²) in [6.45, 7) is 0. The Bertz CT molecular complexity index is 829. The monoisotopic (exact) mass is 297 g/mol. The number of hydrogen-bond donors (Lipinski definition) is 1. The third-order valence-corrected chi connectivity index (χ3v) is 3.17. The van der Waals surface area contributed by atoms with E-state index in [1.807, 2.05) is 0 Å². The second-order valence-electron chi connectivity index (χ2n) is 4.13. The molecule has 7 heteroatoms. The van der Waals surface area contributed by atoms with Crippen LogP contribution in [0, 0.1) is 17.5 Å². The van der Waals surface area contributed by atoms with E-state index < -0.39 is 17.5 Å². The van der Waals surface area contributed by atoms with Gasteiger partial charge in [0.05, 0.1) is 21.7 Å². The van der Waals surface area contributed by atoms with Crippen molar-refractivity contribution in [2.45, 2.75) is 0 Å². The van der Waals surface area contributed by atoms with Crippen LogP contribution >= 0.6 is 11.6 Å². The van der Waals surface area contributed by atoms with Crippen molar-refractivity contribution in [2.24, 2.45) is 0 Å². The van der Waals surface area contributed by atoms with Crippen LogP contribution in [-0.4, -0.2) is 9.55 Å². The second-order valence-corrected chi connectivity index (χ2v) is 4.54. The minimum absolute atomic E-state index is 0.114. The first-order valence-electron chi connectivity index (χ1n) is 5.56. The smallest absolute Gasteiger partial charge is 0.206 e. The van der Waals surface area contributed by atoms with Crippen LogP contribution in [0.1, 0.15) is 0 Å². The van der Waals surface area contributed by atoms with Crippen molar-refractivity contribution < 1.29 is 13.2 Å². The number of benzene rings is 2. The molecule has 0 aliphatic rings. The Morgan fingerprint density at radius 3 is 2.65 bits per heavy atom. The first kappa shape index (κ1) is 12.8. The van der Waals surface area contributed by atoms with E-state index in [1.54, 1.807) is 18.2 Å². The van der Waals surface area contributed by atoms with Gasteiger partial charge in [0.2, 0.25) is 5.95 Å². The maximum absolute atomic E-state index is 13.9. The number of halogens is 4. The predicted octanol–water partition coefficient (Wildman–Crippen LogP) is 3.68. The van der Waals surface area contributed by atoms with Gasteiger partial charge in [-0.3, -0.25) is 4.57 Å². The molecule has 0 amide bonds. The molecule has 2 N–H and O–H groups in total. The van der Waals surface area contributed by atoms with E-state index in [9.17, 15) is 13.2 Å². The number of fused-ring (bicyclic) bond motifs is 1. The molecule has 0 saturated carbocycles. The number of hydrogen-bond acceptors (Lipinski definition) is 2.